The fourth-order valence-electron chi connectivity index (χ4n) is 4.84. The van der Waals surface area contributed by atoms with Crippen LogP contribution in [0.25, 0.3) is 22.0 Å². The van der Waals surface area contributed by atoms with Crippen molar-refractivity contribution in [3.8, 4) is 22.9 Å². The van der Waals surface area contributed by atoms with Gasteiger partial charge in [-0.25, -0.2) is 23.4 Å². The average Bonchev–Trinajstić information content (AvgIpc) is 2.92. The zero-order valence-corrected chi connectivity index (χ0v) is 23.3. The Morgan fingerprint density at radius 1 is 1.05 bits per heavy atom. The maximum absolute atomic E-state index is 12.5. The topological polar surface area (TPSA) is 118 Å². The third kappa shape index (κ3) is 6.12. The molecule has 0 radical (unpaired) electrons. The summed E-state index contributed by atoms with van der Waals surface area (Å²) in [4.78, 5) is 13.8. The van der Waals surface area contributed by atoms with Gasteiger partial charge in [0.25, 0.3) is 0 Å². The Morgan fingerprint density at radius 2 is 1.92 bits per heavy atom. The maximum Gasteiger partial charge on any atom is 0.232 e. The van der Waals surface area contributed by atoms with E-state index in [1.54, 1.807) is 18.5 Å². The molecule has 1 saturated heterocycles. The number of piperidine rings is 1. The standard InChI is InChI=1S/C29H34N6O3S/c1-4-17-39(36,37)35-25-9-5-7-22-21(25)11-10-20(3)27(22)38-28-23(8-6-14-31-28)24-13-16-32-29(33-24)34-26-18-30-15-12-19(26)2/h5-11,13-14,16,19,26,30,35H,4,12,15,17-18H2,1-3H3,(H,32,33,34). The highest BCUT2D eigenvalue weighted by atomic mass is 32.2. The van der Waals surface area contributed by atoms with Gasteiger partial charge in [-0.15, -0.1) is 0 Å². The van der Waals surface area contributed by atoms with E-state index in [1.807, 2.05) is 56.3 Å². The van der Waals surface area contributed by atoms with E-state index in [1.165, 1.54) is 0 Å². The molecule has 1 fully saturated rings. The van der Waals surface area contributed by atoms with Crippen LogP contribution in [0.4, 0.5) is 11.6 Å². The molecule has 0 spiro atoms. The predicted molar refractivity (Wildman–Crippen MR) is 156 cm³/mol. The summed E-state index contributed by atoms with van der Waals surface area (Å²) in [6.07, 6.45) is 5.05. The molecular weight excluding hydrogens is 512 g/mol. The summed E-state index contributed by atoms with van der Waals surface area (Å²) >= 11 is 0. The second kappa shape index (κ2) is 11.5. The highest BCUT2D eigenvalue weighted by Gasteiger charge is 2.22. The van der Waals surface area contributed by atoms with Crippen molar-refractivity contribution in [1.29, 1.82) is 0 Å². The zero-order chi connectivity index (χ0) is 27.4. The summed E-state index contributed by atoms with van der Waals surface area (Å²) in [6.45, 7) is 7.93. The summed E-state index contributed by atoms with van der Waals surface area (Å²) < 4.78 is 34.2. The summed E-state index contributed by atoms with van der Waals surface area (Å²) in [5, 5.41) is 8.43. The highest BCUT2D eigenvalue weighted by Crippen LogP contribution is 2.38. The van der Waals surface area contributed by atoms with Crippen molar-refractivity contribution in [2.45, 2.75) is 39.7 Å². The van der Waals surface area contributed by atoms with Gasteiger partial charge in [0.15, 0.2) is 0 Å². The minimum atomic E-state index is -3.45. The van der Waals surface area contributed by atoms with E-state index in [4.69, 9.17) is 9.72 Å². The number of aromatic nitrogens is 3. The number of hydrogen-bond donors (Lipinski definition) is 3. The third-order valence-corrected chi connectivity index (χ3v) is 8.47. The van der Waals surface area contributed by atoms with Crippen molar-refractivity contribution in [1.82, 2.24) is 20.3 Å². The number of rotatable bonds is 9. The van der Waals surface area contributed by atoms with Crippen LogP contribution in [0.15, 0.2) is 60.9 Å². The lowest BCUT2D eigenvalue weighted by molar-refractivity contribution is 0.365. The van der Waals surface area contributed by atoms with Crippen LogP contribution in [0.1, 0.15) is 32.3 Å². The van der Waals surface area contributed by atoms with Crippen molar-refractivity contribution in [3.63, 3.8) is 0 Å². The van der Waals surface area contributed by atoms with Gasteiger partial charge in [0.05, 0.1) is 22.7 Å². The molecule has 2 atom stereocenters. The Hall–Kier alpha value is -3.76. The van der Waals surface area contributed by atoms with Gasteiger partial charge in [0, 0.05) is 35.8 Å². The molecule has 2 unspecified atom stereocenters. The molecule has 4 aromatic rings. The first-order valence-electron chi connectivity index (χ1n) is 13.3. The number of anilines is 2. The Balaban J connectivity index is 1.48. The summed E-state index contributed by atoms with van der Waals surface area (Å²) in [7, 11) is -3.45. The number of fused-ring (bicyclic) bond motifs is 1. The molecule has 3 heterocycles. The number of sulfonamides is 1. The monoisotopic (exact) mass is 546 g/mol. The summed E-state index contributed by atoms with van der Waals surface area (Å²) in [5.41, 5.74) is 2.84. The predicted octanol–water partition coefficient (Wildman–Crippen LogP) is 5.35. The molecule has 0 bridgehead atoms. The van der Waals surface area contributed by atoms with Crippen LogP contribution in [0.5, 0.6) is 11.6 Å². The van der Waals surface area contributed by atoms with Gasteiger partial charge in [-0.1, -0.05) is 38.1 Å². The van der Waals surface area contributed by atoms with Crippen LogP contribution >= 0.6 is 0 Å². The lowest BCUT2D eigenvalue weighted by Crippen LogP contribution is -2.44. The number of nitrogens with zero attached hydrogens (tertiary/aromatic N) is 3. The number of benzene rings is 2. The average molecular weight is 547 g/mol. The fourth-order valence-corrected chi connectivity index (χ4v) is 5.99. The van der Waals surface area contributed by atoms with E-state index < -0.39 is 10.0 Å². The molecule has 0 amide bonds. The molecule has 0 saturated carbocycles. The molecule has 1 aliphatic heterocycles. The lowest BCUT2D eigenvalue weighted by atomic mass is 9.95. The molecular formula is C29H34N6O3S. The van der Waals surface area contributed by atoms with Gasteiger partial charge in [-0.3, -0.25) is 4.72 Å². The van der Waals surface area contributed by atoms with E-state index in [0.29, 0.717) is 41.3 Å². The van der Waals surface area contributed by atoms with E-state index in [-0.39, 0.29) is 11.8 Å². The van der Waals surface area contributed by atoms with Crippen molar-refractivity contribution >= 4 is 32.4 Å². The van der Waals surface area contributed by atoms with E-state index in [9.17, 15) is 8.42 Å². The second-order valence-electron chi connectivity index (χ2n) is 9.98. The molecule has 10 heteroatoms. The number of pyridine rings is 1. The summed E-state index contributed by atoms with van der Waals surface area (Å²) in [5.74, 6) is 2.15. The minimum Gasteiger partial charge on any atom is -0.437 e. The number of aryl methyl sites for hydroxylation is 1. The van der Waals surface area contributed by atoms with Crippen LogP contribution in [-0.2, 0) is 10.0 Å². The minimum absolute atomic E-state index is 0.0574. The van der Waals surface area contributed by atoms with E-state index in [2.05, 4.69) is 32.2 Å². The van der Waals surface area contributed by atoms with Gasteiger partial charge in [-0.2, -0.15) is 0 Å². The van der Waals surface area contributed by atoms with Gasteiger partial charge in [0.2, 0.25) is 21.9 Å². The van der Waals surface area contributed by atoms with Crippen LogP contribution < -0.4 is 20.1 Å². The van der Waals surface area contributed by atoms with E-state index in [0.717, 1.165) is 41.4 Å². The number of hydrogen-bond acceptors (Lipinski definition) is 8. The largest absolute Gasteiger partial charge is 0.437 e. The third-order valence-electron chi connectivity index (χ3n) is 6.99. The van der Waals surface area contributed by atoms with E-state index >= 15 is 0 Å². The Kier molecular flexibility index (Phi) is 7.94. The first-order valence-corrected chi connectivity index (χ1v) is 15.0. The number of ether oxygens (including phenoxy) is 1. The molecule has 5 rings (SSSR count). The molecule has 0 aliphatic carbocycles. The van der Waals surface area contributed by atoms with Crippen LogP contribution in [0.2, 0.25) is 0 Å². The molecule has 39 heavy (non-hydrogen) atoms. The molecule has 1 aliphatic rings. The molecule has 9 nitrogen and oxygen atoms in total. The Bertz CT molecular complexity index is 1580. The van der Waals surface area contributed by atoms with Crippen LogP contribution in [0.3, 0.4) is 0 Å². The second-order valence-corrected chi connectivity index (χ2v) is 11.8. The van der Waals surface area contributed by atoms with Crippen molar-refractivity contribution in [2.24, 2.45) is 5.92 Å². The van der Waals surface area contributed by atoms with Gasteiger partial charge < -0.3 is 15.4 Å². The van der Waals surface area contributed by atoms with Crippen LogP contribution in [0, 0.1) is 12.8 Å². The maximum atomic E-state index is 12.5. The molecule has 3 N–H and O–H groups in total. The molecule has 2 aromatic carbocycles. The van der Waals surface area contributed by atoms with Crippen molar-refractivity contribution < 1.29 is 13.2 Å². The van der Waals surface area contributed by atoms with Gasteiger partial charge >= 0.3 is 0 Å². The first kappa shape index (κ1) is 26.8. The summed E-state index contributed by atoms with van der Waals surface area (Å²) in [6, 6.07) is 15.2. The SMILES string of the molecule is CCCS(=O)(=O)Nc1cccc2c(Oc3ncccc3-c3ccnc(NC4CNCCC4C)n3)c(C)ccc12. The van der Waals surface area contributed by atoms with Crippen LogP contribution in [-0.4, -0.2) is 48.3 Å². The Morgan fingerprint density at radius 3 is 2.74 bits per heavy atom. The van der Waals surface area contributed by atoms with Crippen molar-refractivity contribution in [3.05, 3.63) is 66.5 Å². The zero-order valence-electron chi connectivity index (χ0n) is 22.4. The quantitative estimate of drug-likeness (QED) is 0.257. The van der Waals surface area contributed by atoms with Gasteiger partial charge in [0.1, 0.15) is 5.75 Å². The normalized spacial score (nSPS) is 17.6. The smallest absolute Gasteiger partial charge is 0.232 e. The highest BCUT2D eigenvalue weighted by molar-refractivity contribution is 7.92. The number of nitrogens with one attached hydrogen (secondary N) is 3. The Labute approximate surface area is 229 Å². The first-order chi connectivity index (χ1) is 18.8. The van der Waals surface area contributed by atoms with Crippen molar-refractivity contribution in [2.75, 3.05) is 28.9 Å². The fraction of sp³-hybridized carbons (Fsp3) is 0.345. The van der Waals surface area contributed by atoms with Gasteiger partial charge in [-0.05, 0) is 62.1 Å². The lowest BCUT2D eigenvalue weighted by Gasteiger charge is -2.30. The molecule has 2 aromatic heterocycles. The molecule has 204 valence electrons.